The van der Waals surface area contributed by atoms with Crippen LogP contribution in [0.25, 0.3) is 11.5 Å². The lowest BCUT2D eigenvalue weighted by Crippen LogP contribution is -2.41. The van der Waals surface area contributed by atoms with Crippen molar-refractivity contribution in [3.05, 3.63) is 60.0 Å². The largest absolute Gasteiger partial charge is 0.415 e. The topological polar surface area (TPSA) is 107 Å². The van der Waals surface area contributed by atoms with E-state index in [0.717, 1.165) is 5.56 Å². The van der Waals surface area contributed by atoms with Crippen LogP contribution in [-0.2, 0) is 9.53 Å². The minimum absolute atomic E-state index is 0.0550. The molecule has 3 aromatic heterocycles. The van der Waals surface area contributed by atoms with Crippen LogP contribution in [0, 0.1) is 5.92 Å². The van der Waals surface area contributed by atoms with E-state index < -0.39 is 18.2 Å². The van der Waals surface area contributed by atoms with Gasteiger partial charge in [0.1, 0.15) is 0 Å². The standard InChI is InChI=1S/C20H18F2N6O3/c1-28(20(29)16(14-10-30-11-14)12-3-2-6-23-7-12)25-9-15-5-4-13(8-24-15)18-26-27-19(31-18)17(21)22/h2-9,14,16-17H,10-11H2,1H3/b25-9+. The Morgan fingerprint density at radius 1 is 1.26 bits per heavy atom. The maximum atomic E-state index is 13.0. The predicted molar refractivity (Wildman–Crippen MR) is 104 cm³/mol. The number of rotatable bonds is 7. The van der Waals surface area contributed by atoms with Gasteiger partial charge in [0.2, 0.25) is 11.8 Å². The molecule has 0 spiro atoms. The van der Waals surface area contributed by atoms with Crippen molar-refractivity contribution >= 4 is 12.1 Å². The Hall–Kier alpha value is -3.60. The monoisotopic (exact) mass is 428 g/mol. The van der Waals surface area contributed by atoms with Crippen molar-refractivity contribution in [1.29, 1.82) is 0 Å². The number of pyridine rings is 2. The predicted octanol–water partition coefficient (Wildman–Crippen LogP) is 2.69. The molecule has 1 saturated heterocycles. The Balaban J connectivity index is 1.45. The second-order valence-electron chi connectivity index (χ2n) is 6.89. The fourth-order valence-corrected chi connectivity index (χ4v) is 3.07. The van der Waals surface area contributed by atoms with Gasteiger partial charge in [0.05, 0.1) is 36.6 Å². The summed E-state index contributed by atoms with van der Waals surface area (Å²) in [4.78, 5) is 21.3. The molecule has 4 heterocycles. The SMILES string of the molecule is CN(/N=C/c1ccc(-c2nnc(C(F)F)o2)cn1)C(=O)C(c1cccnc1)C1COC1. The molecule has 0 aliphatic carbocycles. The number of alkyl halides is 2. The van der Waals surface area contributed by atoms with Gasteiger partial charge in [-0.2, -0.15) is 13.9 Å². The first-order valence-corrected chi connectivity index (χ1v) is 9.40. The van der Waals surface area contributed by atoms with E-state index in [1.165, 1.54) is 17.4 Å². The molecule has 1 fully saturated rings. The normalized spacial score (nSPS) is 15.2. The van der Waals surface area contributed by atoms with Gasteiger partial charge in [-0.15, -0.1) is 10.2 Å². The van der Waals surface area contributed by atoms with Gasteiger partial charge in [0.25, 0.3) is 5.89 Å². The second kappa shape index (κ2) is 9.04. The quantitative estimate of drug-likeness (QED) is 0.421. The molecule has 1 aliphatic heterocycles. The molecule has 4 rings (SSSR count). The van der Waals surface area contributed by atoms with Crippen LogP contribution in [0.3, 0.4) is 0 Å². The van der Waals surface area contributed by atoms with Gasteiger partial charge in [0, 0.05) is 31.6 Å². The number of nitrogens with zero attached hydrogens (tertiary/aromatic N) is 6. The molecule has 1 unspecified atom stereocenters. The van der Waals surface area contributed by atoms with Gasteiger partial charge in [-0.05, 0) is 23.8 Å². The van der Waals surface area contributed by atoms with Crippen molar-refractivity contribution in [3.63, 3.8) is 0 Å². The number of carbonyl (C=O) groups is 1. The Labute approximate surface area is 175 Å². The van der Waals surface area contributed by atoms with Gasteiger partial charge < -0.3 is 9.15 Å². The molecule has 1 atom stereocenters. The van der Waals surface area contributed by atoms with E-state index >= 15 is 0 Å². The van der Waals surface area contributed by atoms with Gasteiger partial charge in [-0.25, -0.2) is 5.01 Å². The lowest BCUT2D eigenvalue weighted by atomic mass is 9.84. The molecule has 31 heavy (non-hydrogen) atoms. The van der Waals surface area contributed by atoms with E-state index in [4.69, 9.17) is 9.15 Å². The Morgan fingerprint density at radius 2 is 2.10 bits per heavy atom. The Morgan fingerprint density at radius 3 is 2.68 bits per heavy atom. The van der Waals surface area contributed by atoms with Crippen LogP contribution >= 0.6 is 0 Å². The number of hydrogen-bond acceptors (Lipinski definition) is 8. The van der Waals surface area contributed by atoms with Gasteiger partial charge in [-0.1, -0.05) is 6.07 Å². The maximum Gasteiger partial charge on any atom is 0.314 e. The van der Waals surface area contributed by atoms with Crippen molar-refractivity contribution in [3.8, 4) is 11.5 Å². The van der Waals surface area contributed by atoms with E-state index in [-0.39, 0.29) is 17.7 Å². The molecule has 11 heteroatoms. The molecule has 1 amide bonds. The molecular formula is C20H18F2N6O3. The molecule has 0 saturated carbocycles. The number of likely N-dealkylation sites (N-methyl/N-ethyl adjacent to an activating group) is 1. The zero-order valence-electron chi connectivity index (χ0n) is 16.4. The number of amides is 1. The van der Waals surface area contributed by atoms with Crippen molar-refractivity contribution in [2.75, 3.05) is 20.3 Å². The average Bonchev–Trinajstić information content (AvgIpc) is 3.25. The number of hydrazone groups is 1. The first-order valence-electron chi connectivity index (χ1n) is 9.40. The summed E-state index contributed by atoms with van der Waals surface area (Å²) in [6.45, 7) is 1.02. The summed E-state index contributed by atoms with van der Waals surface area (Å²) < 4.78 is 35.3. The minimum atomic E-state index is -2.84. The fraction of sp³-hybridized carbons (Fsp3) is 0.300. The summed E-state index contributed by atoms with van der Waals surface area (Å²) >= 11 is 0. The lowest BCUT2D eigenvalue weighted by molar-refractivity contribution is -0.138. The third kappa shape index (κ3) is 4.61. The first kappa shape index (κ1) is 20.7. The number of hydrogen-bond donors (Lipinski definition) is 0. The van der Waals surface area contributed by atoms with E-state index in [1.54, 1.807) is 37.6 Å². The zero-order valence-corrected chi connectivity index (χ0v) is 16.4. The van der Waals surface area contributed by atoms with Crippen molar-refractivity contribution in [2.45, 2.75) is 12.3 Å². The Kier molecular flexibility index (Phi) is 6.03. The highest BCUT2D eigenvalue weighted by molar-refractivity contribution is 5.85. The number of aromatic nitrogens is 4. The molecule has 0 radical (unpaired) electrons. The van der Waals surface area contributed by atoms with Crippen molar-refractivity contribution in [2.24, 2.45) is 11.0 Å². The maximum absolute atomic E-state index is 13.0. The molecule has 0 N–H and O–H groups in total. The third-order valence-electron chi connectivity index (χ3n) is 4.79. The highest BCUT2D eigenvalue weighted by atomic mass is 19.3. The van der Waals surface area contributed by atoms with E-state index in [2.05, 4.69) is 25.3 Å². The second-order valence-corrected chi connectivity index (χ2v) is 6.89. The van der Waals surface area contributed by atoms with E-state index in [0.29, 0.717) is 24.5 Å². The van der Waals surface area contributed by atoms with Crippen LogP contribution in [0.2, 0.25) is 0 Å². The van der Waals surface area contributed by atoms with Gasteiger partial charge >= 0.3 is 6.43 Å². The van der Waals surface area contributed by atoms with E-state index in [9.17, 15) is 13.6 Å². The zero-order chi connectivity index (χ0) is 21.8. The molecule has 0 aromatic carbocycles. The van der Waals surface area contributed by atoms with Crippen molar-refractivity contribution in [1.82, 2.24) is 25.2 Å². The fourth-order valence-electron chi connectivity index (χ4n) is 3.07. The molecule has 3 aromatic rings. The minimum Gasteiger partial charge on any atom is -0.415 e. The molecular weight excluding hydrogens is 410 g/mol. The molecule has 160 valence electrons. The Bertz CT molecular complexity index is 1050. The van der Waals surface area contributed by atoms with Crippen LogP contribution < -0.4 is 0 Å². The highest BCUT2D eigenvalue weighted by Crippen LogP contribution is 2.31. The summed E-state index contributed by atoms with van der Waals surface area (Å²) in [5, 5.41) is 12.3. The molecule has 9 nitrogen and oxygen atoms in total. The summed E-state index contributed by atoms with van der Waals surface area (Å²) in [7, 11) is 1.57. The van der Waals surface area contributed by atoms with Crippen molar-refractivity contribution < 1.29 is 22.7 Å². The van der Waals surface area contributed by atoms with Crippen LogP contribution in [-0.4, -0.2) is 57.6 Å². The summed E-state index contributed by atoms with van der Waals surface area (Å²) in [5.41, 5.74) is 1.66. The lowest BCUT2D eigenvalue weighted by Gasteiger charge is -2.34. The number of halogens is 2. The van der Waals surface area contributed by atoms with Crippen LogP contribution in [0.15, 0.2) is 52.4 Å². The highest BCUT2D eigenvalue weighted by Gasteiger charge is 2.36. The molecule has 0 bridgehead atoms. The third-order valence-corrected chi connectivity index (χ3v) is 4.79. The summed E-state index contributed by atoms with van der Waals surface area (Å²) in [5.74, 6) is -1.32. The number of carbonyl (C=O) groups excluding carboxylic acids is 1. The van der Waals surface area contributed by atoms with E-state index in [1.807, 2.05) is 6.07 Å². The summed E-state index contributed by atoms with van der Waals surface area (Å²) in [6, 6.07) is 6.84. The van der Waals surface area contributed by atoms with Crippen LogP contribution in [0.4, 0.5) is 8.78 Å². The smallest absolute Gasteiger partial charge is 0.314 e. The first-order chi connectivity index (χ1) is 15.0. The average molecular weight is 428 g/mol. The van der Waals surface area contributed by atoms with Gasteiger partial charge in [-0.3, -0.25) is 14.8 Å². The van der Waals surface area contributed by atoms with Crippen LogP contribution in [0.5, 0.6) is 0 Å². The number of ether oxygens (including phenoxy) is 1. The molecule has 1 aliphatic rings. The van der Waals surface area contributed by atoms with Gasteiger partial charge in [0.15, 0.2) is 0 Å². The summed E-state index contributed by atoms with van der Waals surface area (Å²) in [6.07, 6.45) is 3.32. The van der Waals surface area contributed by atoms with Crippen LogP contribution in [0.1, 0.15) is 29.5 Å².